The molecule has 6 nitrogen and oxygen atoms in total. The normalized spacial score (nSPS) is 16.0. The van der Waals surface area contributed by atoms with E-state index in [9.17, 15) is 18.4 Å². The number of nitrogens with one attached hydrogen (secondary N) is 1. The van der Waals surface area contributed by atoms with E-state index in [-0.39, 0.29) is 17.4 Å². The number of amides is 2. The minimum Gasteiger partial charge on any atom is -0.341 e. The molecule has 0 bridgehead atoms. The maximum atomic E-state index is 13.6. The maximum Gasteiger partial charge on any atom is 0.273 e. The van der Waals surface area contributed by atoms with Gasteiger partial charge in [-0.1, -0.05) is 51.1 Å². The maximum absolute atomic E-state index is 13.6. The molecule has 8 heteroatoms. The van der Waals surface area contributed by atoms with E-state index in [2.05, 4.69) is 10.4 Å². The Morgan fingerprint density at radius 3 is 2.38 bits per heavy atom. The van der Waals surface area contributed by atoms with Crippen LogP contribution in [0.4, 0.5) is 8.78 Å². The average molecular weight is 469 g/mol. The summed E-state index contributed by atoms with van der Waals surface area (Å²) < 4.78 is 28.6. The molecule has 0 saturated carbocycles. The van der Waals surface area contributed by atoms with Crippen molar-refractivity contribution >= 4 is 22.7 Å². The minimum absolute atomic E-state index is 0.206. The summed E-state index contributed by atoms with van der Waals surface area (Å²) in [6.07, 6.45) is -0.257. The Morgan fingerprint density at radius 2 is 1.74 bits per heavy atom. The highest BCUT2D eigenvalue weighted by Crippen LogP contribution is 2.25. The lowest BCUT2D eigenvalue weighted by Crippen LogP contribution is -2.56. The van der Waals surface area contributed by atoms with Gasteiger partial charge < -0.3 is 10.2 Å². The van der Waals surface area contributed by atoms with E-state index in [1.54, 1.807) is 21.7 Å². The van der Waals surface area contributed by atoms with E-state index < -0.39 is 23.5 Å². The van der Waals surface area contributed by atoms with Crippen molar-refractivity contribution < 1.29 is 18.4 Å². The highest BCUT2D eigenvalue weighted by Gasteiger charge is 2.37. The first kappa shape index (κ1) is 23.9. The van der Waals surface area contributed by atoms with Crippen LogP contribution in [0.25, 0.3) is 10.9 Å². The van der Waals surface area contributed by atoms with Crippen LogP contribution in [0.3, 0.4) is 0 Å². The van der Waals surface area contributed by atoms with Crippen molar-refractivity contribution in [2.45, 2.75) is 52.4 Å². The fourth-order valence-corrected chi connectivity index (χ4v) is 4.28. The number of aromatic nitrogens is 2. The average Bonchev–Trinajstić information content (AvgIpc) is 3.17. The Kier molecular flexibility index (Phi) is 6.68. The molecule has 180 valence electrons. The fraction of sp³-hybridized carbons (Fsp3) is 0.423. The van der Waals surface area contributed by atoms with Crippen molar-refractivity contribution in [1.82, 2.24) is 20.0 Å². The van der Waals surface area contributed by atoms with E-state index in [1.807, 2.05) is 45.0 Å². The molecule has 0 spiro atoms. The summed E-state index contributed by atoms with van der Waals surface area (Å²) in [6.45, 7) is 6.73. The van der Waals surface area contributed by atoms with Crippen molar-refractivity contribution in [3.8, 4) is 0 Å². The number of carbonyl (C=O) groups excluding carboxylic acids is 2. The summed E-state index contributed by atoms with van der Waals surface area (Å²) >= 11 is 0. The molecule has 3 aromatic rings. The van der Waals surface area contributed by atoms with Crippen LogP contribution in [0.2, 0.25) is 0 Å². The van der Waals surface area contributed by atoms with Crippen molar-refractivity contribution in [2.75, 3.05) is 13.1 Å². The summed E-state index contributed by atoms with van der Waals surface area (Å²) in [5.74, 6) is -0.965. The topological polar surface area (TPSA) is 67.2 Å². The Hall–Kier alpha value is -3.29. The Bertz CT molecular complexity index is 1180. The number of likely N-dealkylation sites (tertiary alicyclic amines) is 1. The molecule has 1 fully saturated rings. The molecular weight excluding hydrogens is 438 g/mol. The fourth-order valence-electron chi connectivity index (χ4n) is 4.28. The van der Waals surface area contributed by atoms with Gasteiger partial charge in [0.25, 0.3) is 5.91 Å². The molecule has 1 saturated heterocycles. The SMILES string of the molecule is CC(C)(C)C(NC(=O)c1nn(Cc2ccc(F)cc2)c2ccccc12)C(=O)N1CCC(F)CC1. The minimum atomic E-state index is -0.886. The zero-order valence-corrected chi connectivity index (χ0v) is 19.7. The predicted octanol–water partition coefficient (Wildman–Crippen LogP) is 4.33. The van der Waals surface area contributed by atoms with Gasteiger partial charge in [-0.05, 0) is 42.0 Å². The quantitative estimate of drug-likeness (QED) is 0.606. The van der Waals surface area contributed by atoms with Crippen molar-refractivity contribution in [2.24, 2.45) is 5.41 Å². The molecule has 4 rings (SSSR count). The molecule has 1 atom stereocenters. The molecule has 0 radical (unpaired) electrons. The van der Waals surface area contributed by atoms with Gasteiger partial charge in [-0.15, -0.1) is 0 Å². The zero-order valence-electron chi connectivity index (χ0n) is 19.7. The highest BCUT2D eigenvalue weighted by molar-refractivity contribution is 6.06. The second kappa shape index (κ2) is 9.52. The van der Waals surface area contributed by atoms with Crippen LogP contribution < -0.4 is 5.32 Å². The third kappa shape index (κ3) is 5.11. The van der Waals surface area contributed by atoms with Gasteiger partial charge in [0.15, 0.2) is 5.69 Å². The van der Waals surface area contributed by atoms with Gasteiger partial charge in [-0.3, -0.25) is 14.3 Å². The van der Waals surface area contributed by atoms with Gasteiger partial charge >= 0.3 is 0 Å². The number of hydrogen-bond acceptors (Lipinski definition) is 3. The number of piperidine rings is 1. The largest absolute Gasteiger partial charge is 0.341 e. The van der Waals surface area contributed by atoms with E-state index in [4.69, 9.17) is 0 Å². The van der Waals surface area contributed by atoms with Gasteiger partial charge in [0.1, 0.15) is 18.0 Å². The third-order valence-corrected chi connectivity index (χ3v) is 6.24. The van der Waals surface area contributed by atoms with Gasteiger partial charge in [-0.2, -0.15) is 5.10 Å². The van der Waals surface area contributed by atoms with E-state index in [0.717, 1.165) is 11.1 Å². The molecule has 2 aromatic carbocycles. The van der Waals surface area contributed by atoms with Crippen LogP contribution in [0.5, 0.6) is 0 Å². The molecule has 1 aliphatic rings. The van der Waals surface area contributed by atoms with Gasteiger partial charge in [0.2, 0.25) is 5.91 Å². The summed E-state index contributed by atoms with van der Waals surface area (Å²) in [4.78, 5) is 28.3. The number of fused-ring (bicyclic) bond motifs is 1. The molecule has 0 aliphatic carbocycles. The number of alkyl halides is 1. The lowest BCUT2D eigenvalue weighted by molar-refractivity contribution is -0.137. The molecule has 1 aromatic heterocycles. The molecule has 34 heavy (non-hydrogen) atoms. The monoisotopic (exact) mass is 468 g/mol. The molecule has 1 aliphatic heterocycles. The number of hydrogen-bond donors (Lipinski definition) is 1. The summed E-state index contributed by atoms with van der Waals surface area (Å²) in [6, 6.07) is 12.7. The lowest BCUT2D eigenvalue weighted by Gasteiger charge is -2.37. The van der Waals surface area contributed by atoms with Gasteiger partial charge in [-0.25, -0.2) is 8.78 Å². The second-order valence-electron chi connectivity index (χ2n) is 9.92. The van der Waals surface area contributed by atoms with Crippen LogP contribution in [-0.4, -0.2) is 51.8 Å². The van der Waals surface area contributed by atoms with Crippen LogP contribution in [-0.2, 0) is 11.3 Å². The Balaban J connectivity index is 1.60. The smallest absolute Gasteiger partial charge is 0.273 e. The van der Waals surface area contributed by atoms with E-state index >= 15 is 0 Å². The van der Waals surface area contributed by atoms with Gasteiger partial charge in [0, 0.05) is 18.5 Å². The number of carbonyl (C=O) groups is 2. The number of halogens is 2. The number of rotatable bonds is 5. The first-order valence-corrected chi connectivity index (χ1v) is 11.6. The Labute approximate surface area is 197 Å². The molecule has 1 unspecified atom stereocenters. The molecule has 2 amide bonds. The second-order valence-corrected chi connectivity index (χ2v) is 9.92. The Morgan fingerprint density at radius 1 is 1.09 bits per heavy atom. The molecular formula is C26H30F2N4O2. The third-order valence-electron chi connectivity index (χ3n) is 6.24. The first-order valence-electron chi connectivity index (χ1n) is 11.6. The zero-order chi connectivity index (χ0) is 24.5. The van der Waals surface area contributed by atoms with Crippen LogP contribution in [0, 0.1) is 11.2 Å². The van der Waals surface area contributed by atoms with Gasteiger partial charge in [0.05, 0.1) is 12.1 Å². The van der Waals surface area contributed by atoms with E-state index in [1.165, 1.54) is 12.1 Å². The standard InChI is InChI=1S/C26H30F2N4O2/c1-26(2,3)23(25(34)31-14-12-19(28)13-15-31)29-24(33)22-20-6-4-5-7-21(20)32(30-22)16-17-8-10-18(27)11-9-17/h4-11,19,23H,12-16H2,1-3H3,(H,29,33). The molecule has 2 heterocycles. The van der Waals surface area contributed by atoms with Crippen LogP contribution in [0.15, 0.2) is 48.5 Å². The number of para-hydroxylation sites is 1. The highest BCUT2D eigenvalue weighted by atomic mass is 19.1. The summed E-state index contributed by atoms with van der Waals surface area (Å²) in [5, 5.41) is 8.14. The lowest BCUT2D eigenvalue weighted by atomic mass is 9.85. The summed E-state index contributed by atoms with van der Waals surface area (Å²) in [7, 11) is 0. The van der Waals surface area contributed by atoms with Crippen LogP contribution in [0.1, 0.15) is 49.7 Å². The van der Waals surface area contributed by atoms with Crippen LogP contribution >= 0.6 is 0 Å². The van der Waals surface area contributed by atoms with E-state index in [0.29, 0.717) is 37.9 Å². The number of nitrogens with zero attached hydrogens (tertiary/aromatic N) is 3. The predicted molar refractivity (Wildman–Crippen MR) is 127 cm³/mol. The van der Waals surface area contributed by atoms with Crippen molar-refractivity contribution in [1.29, 1.82) is 0 Å². The molecule has 1 N–H and O–H groups in total. The summed E-state index contributed by atoms with van der Waals surface area (Å²) in [5.41, 5.74) is 1.29. The first-order chi connectivity index (χ1) is 16.1. The van der Waals surface area contributed by atoms with Crippen molar-refractivity contribution in [3.63, 3.8) is 0 Å². The number of benzene rings is 2. The van der Waals surface area contributed by atoms with Crippen molar-refractivity contribution in [3.05, 3.63) is 65.6 Å².